The predicted molar refractivity (Wildman–Crippen MR) is 118 cm³/mol. The number of benzene rings is 1. The summed E-state index contributed by atoms with van der Waals surface area (Å²) in [4.78, 5) is 22.4. The van der Waals surface area contributed by atoms with E-state index in [1.54, 1.807) is 17.7 Å². The summed E-state index contributed by atoms with van der Waals surface area (Å²) in [7, 11) is 0. The molecule has 2 aromatic heterocycles. The minimum absolute atomic E-state index is 0.114. The molecule has 7 heteroatoms. The van der Waals surface area contributed by atoms with Crippen LogP contribution in [0.15, 0.2) is 41.0 Å². The minimum Gasteiger partial charge on any atom is -0.337 e. The first-order chi connectivity index (χ1) is 14.1. The quantitative estimate of drug-likeness (QED) is 0.457. The smallest absolute Gasteiger partial charge is 0.231 e. The van der Waals surface area contributed by atoms with Crippen molar-refractivity contribution in [2.75, 3.05) is 5.75 Å². The van der Waals surface area contributed by atoms with E-state index in [4.69, 9.17) is 0 Å². The lowest BCUT2D eigenvalue weighted by Gasteiger charge is -2.31. The molecule has 0 saturated heterocycles. The lowest BCUT2D eigenvalue weighted by Crippen LogP contribution is -2.49. The molecule has 0 atom stereocenters. The van der Waals surface area contributed by atoms with Crippen LogP contribution in [-0.2, 0) is 4.79 Å². The Morgan fingerprint density at radius 2 is 2.00 bits per heavy atom. The zero-order valence-corrected chi connectivity index (χ0v) is 17.9. The van der Waals surface area contributed by atoms with Crippen molar-refractivity contribution in [1.82, 2.24) is 15.3 Å². The molecule has 1 aliphatic carbocycles. The van der Waals surface area contributed by atoms with Crippen LogP contribution in [0.25, 0.3) is 21.3 Å². The molecule has 0 bridgehead atoms. The molecule has 148 valence electrons. The molecule has 4 rings (SSSR count). The molecule has 1 amide bonds. The van der Waals surface area contributed by atoms with Gasteiger partial charge in [0.1, 0.15) is 21.7 Å². The highest BCUT2D eigenvalue weighted by Gasteiger charge is 2.33. The van der Waals surface area contributed by atoms with Crippen molar-refractivity contribution in [3.05, 3.63) is 41.5 Å². The second-order valence-electron chi connectivity index (χ2n) is 7.47. The summed E-state index contributed by atoms with van der Waals surface area (Å²) in [6.07, 6.45) is 6.13. The van der Waals surface area contributed by atoms with Gasteiger partial charge in [-0.3, -0.25) is 4.79 Å². The second-order valence-corrected chi connectivity index (χ2v) is 9.29. The van der Waals surface area contributed by atoms with E-state index >= 15 is 0 Å². The van der Waals surface area contributed by atoms with Gasteiger partial charge in [-0.2, -0.15) is 5.26 Å². The van der Waals surface area contributed by atoms with Gasteiger partial charge in [0, 0.05) is 10.9 Å². The summed E-state index contributed by atoms with van der Waals surface area (Å²) < 4.78 is 0. The van der Waals surface area contributed by atoms with Gasteiger partial charge in [0.25, 0.3) is 0 Å². The van der Waals surface area contributed by atoms with Crippen molar-refractivity contribution in [1.29, 1.82) is 5.26 Å². The summed E-state index contributed by atoms with van der Waals surface area (Å²) in [5.74, 6) is 0.121. The van der Waals surface area contributed by atoms with Crippen molar-refractivity contribution in [2.45, 2.75) is 49.6 Å². The zero-order chi connectivity index (χ0) is 20.3. The number of aromatic nitrogens is 2. The second kappa shape index (κ2) is 8.52. The fourth-order valence-electron chi connectivity index (χ4n) is 3.76. The van der Waals surface area contributed by atoms with Crippen molar-refractivity contribution >= 4 is 39.2 Å². The number of thiophene rings is 1. The number of aryl methyl sites for hydroxylation is 1. The van der Waals surface area contributed by atoms with E-state index in [-0.39, 0.29) is 11.7 Å². The van der Waals surface area contributed by atoms with Gasteiger partial charge in [0.2, 0.25) is 5.91 Å². The van der Waals surface area contributed by atoms with Crippen LogP contribution in [0.5, 0.6) is 0 Å². The van der Waals surface area contributed by atoms with Crippen LogP contribution < -0.4 is 5.32 Å². The van der Waals surface area contributed by atoms with Gasteiger partial charge < -0.3 is 5.32 Å². The number of carbonyl (C=O) groups is 1. The summed E-state index contributed by atoms with van der Waals surface area (Å²) in [6, 6.07) is 10.7. The first-order valence-corrected chi connectivity index (χ1v) is 11.6. The molecule has 1 N–H and O–H groups in total. The maximum absolute atomic E-state index is 12.6. The Bertz CT molecular complexity index is 1060. The molecule has 1 aliphatic rings. The van der Waals surface area contributed by atoms with Crippen LogP contribution in [0.2, 0.25) is 0 Å². The monoisotopic (exact) mass is 422 g/mol. The molecule has 0 spiro atoms. The molecule has 1 fully saturated rings. The van der Waals surface area contributed by atoms with Crippen LogP contribution in [-0.4, -0.2) is 27.2 Å². The molecule has 2 heterocycles. The Morgan fingerprint density at radius 3 is 2.72 bits per heavy atom. The summed E-state index contributed by atoms with van der Waals surface area (Å²) in [5, 5.41) is 16.5. The zero-order valence-electron chi connectivity index (χ0n) is 16.3. The molecule has 0 unspecified atom stereocenters. The number of thioether (sulfide) groups is 1. The van der Waals surface area contributed by atoms with E-state index in [1.807, 2.05) is 0 Å². The molecule has 0 radical (unpaired) electrons. The van der Waals surface area contributed by atoms with Gasteiger partial charge in [-0.05, 0) is 25.3 Å². The maximum Gasteiger partial charge on any atom is 0.231 e. The van der Waals surface area contributed by atoms with E-state index in [1.165, 1.54) is 17.3 Å². The lowest BCUT2D eigenvalue weighted by atomic mass is 9.83. The fourth-order valence-corrected chi connectivity index (χ4v) is 5.55. The highest BCUT2D eigenvalue weighted by molar-refractivity contribution is 8.00. The average Bonchev–Trinajstić information content (AvgIpc) is 3.18. The number of fused-ring (bicyclic) bond motifs is 1. The van der Waals surface area contributed by atoms with Gasteiger partial charge in [-0.15, -0.1) is 11.3 Å². The van der Waals surface area contributed by atoms with Crippen LogP contribution in [0.3, 0.4) is 0 Å². The van der Waals surface area contributed by atoms with Crippen molar-refractivity contribution < 1.29 is 4.79 Å². The van der Waals surface area contributed by atoms with E-state index in [0.29, 0.717) is 0 Å². The largest absolute Gasteiger partial charge is 0.337 e. The molecule has 3 aromatic rings. The number of carbonyl (C=O) groups excluding carboxylic acids is 1. The first kappa shape index (κ1) is 19.9. The Morgan fingerprint density at radius 1 is 1.24 bits per heavy atom. The van der Waals surface area contributed by atoms with Crippen LogP contribution in [0.1, 0.15) is 37.7 Å². The standard InChI is InChI=1S/C22H22N4OS2/c1-15-5-7-16(8-6-15)17-11-28-20-19(17)21(25-14-24-20)29-12-18(27)26-22(13-23)9-3-2-4-10-22/h5-8,11,14H,2-4,9-10,12H2,1H3,(H,26,27). The first-order valence-electron chi connectivity index (χ1n) is 9.74. The van der Waals surface area contributed by atoms with Gasteiger partial charge in [0.05, 0.1) is 17.2 Å². The fraction of sp³-hybridized carbons (Fsp3) is 0.364. The van der Waals surface area contributed by atoms with Gasteiger partial charge in [-0.25, -0.2) is 9.97 Å². The number of hydrogen-bond acceptors (Lipinski definition) is 6. The maximum atomic E-state index is 12.6. The van der Waals surface area contributed by atoms with Crippen molar-refractivity contribution in [3.8, 4) is 17.2 Å². The number of rotatable bonds is 5. The average molecular weight is 423 g/mol. The van der Waals surface area contributed by atoms with E-state index in [2.05, 4.69) is 57.9 Å². The van der Waals surface area contributed by atoms with Crippen molar-refractivity contribution in [3.63, 3.8) is 0 Å². The number of hydrogen-bond donors (Lipinski definition) is 1. The van der Waals surface area contributed by atoms with Gasteiger partial charge in [0.15, 0.2) is 0 Å². The molecular formula is C22H22N4OS2. The Kier molecular flexibility index (Phi) is 5.84. The van der Waals surface area contributed by atoms with Crippen LogP contribution in [0, 0.1) is 18.3 Å². The number of nitrogens with zero attached hydrogens (tertiary/aromatic N) is 3. The molecule has 1 aromatic carbocycles. The summed E-state index contributed by atoms with van der Waals surface area (Å²) in [5.41, 5.74) is 2.72. The van der Waals surface area contributed by atoms with E-state index in [0.717, 1.165) is 58.5 Å². The third kappa shape index (κ3) is 4.29. The Balaban J connectivity index is 1.54. The van der Waals surface area contributed by atoms with E-state index < -0.39 is 5.54 Å². The normalized spacial score (nSPS) is 15.7. The molecule has 1 saturated carbocycles. The molecule has 5 nitrogen and oxygen atoms in total. The molecule has 0 aliphatic heterocycles. The Labute approximate surface area is 178 Å². The number of nitriles is 1. The third-order valence-electron chi connectivity index (χ3n) is 5.34. The third-order valence-corrected chi connectivity index (χ3v) is 7.21. The highest BCUT2D eigenvalue weighted by Crippen LogP contribution is 2.38. The number of nitrogens with one attached hydrogen (secondary N) is 1. The lowest BCUT2D eigenvalue weighted by molar-refractivity contribution is -0.120. The van der Waals surface area contributed by atoms with Gasteiger partial charge in [-0.1, -0.05) is 60.9 Å². The predicted octanol–water partition coefficient (Wildman–Crippen LogP) is 5.10. The Hall–Kier alpha value is -2.43. The van der Waals surface area contributed by atoms with Crippen molar-refractivity contribution in [2.24, 2.45) is 0 Å². The topological polar surface area (TPSA) is 78.7 Å². The summed E-state index contributed by atoms with van der Waals surface area (Å²) >= 11 is 2.99. The number of amides is 1. The summed E-state index contributed by atoms with van der Waals surface area (Å²) in [6.45, 7) is 2.07. The molecule has 29 heavy (non-hydrogen) atoms. The minimum atomic E-state index is -0.702. The SMILES string of the molecule is Cc1ccc(-c2csc3ncnc(SCC(=O)NC4(C#N)CCCCC4)c23)cc1. The van der Waals surface area contributed by atoms with Crippen LogP contribution >= 0.6 is 23.1 Å². The highest BCUT2D eigenvalue weighted by atomic mass is 32.2. The van der Waals surface area contributed by atoms with Crippen LogP contribution in [0.4, 0.5) is 0 Å². The van der Waals surface area contributed by atoms with E-state index in [9.17, 15) is 10.1 Å². The molecular weight excluding hydrogens is 400 g/mol. The van der Waals surface area contributed by atoms with Gasteiger partial charge >= 0.3 is 0 Å².